The van der Waals surface area contributed by atoms with Crippen molar-refractivity contribution < 1.29 is 14.3 Å². The molecule has 0 saturated heterocycles. The van der Waals surface area contributed by atoms with Crippen LogP contribution in [0.5, 0.6) is 0 Å². The van der Waals surface area contributed by atoms with E-state index < -0.39 is 23.9 Å². The molecule has 1 atom stereocenters. The van der Waals surface area contributed by atoms with Gasteiger partial charge in [-0.2, -0.15) is 0 Å². The Bertz CT molecular complexity index is 1180. The second-order valence-electron chi connectivity index (χ2n) is 7.50. The van der Waals surface area contributed by atoms with E-state index in [1.54, 1.807) is 16.7 Å². The summed E-state index contributed by atoms with van der Waals surface area (Å²) in [6.07, 6.45) is 2.37. The van der Waals surface area contributed by atoms with Crippen LogP contribution in [0, 0.1) is 6.92 Å². The minimum absolute atomic E-state index is 0.118. The first-order valence-corrected chi connectivity index (χ1v) is 10.4. The highest BCUT2D eigenvalue weighted by Crippen LogP contribution is 2.26. The summed E-state index contributed by atoms with van der Waals surface area (Å²) in [7, 11) is 0. The van der Waals surface area contributed by atoms with E-state index in [0.717, 1.165) is 17.7 Å². The number of aromatic nitrogens is 2. The fourth-order valence-electron chi connectivity index (χ4n) is 3.40. The number of nitrogens with zero attached hydrogens (tertiary/aromatic N) is 2. The van der Waals surface area contributed by atoms with E-state index in [0.29, 0.717) is 23.3 Å². The van der Waals surface area contributed by atoms with Crippen molar-refractivity contribution in [2.75, 3.05) is 11.9 Å². The zero-order valence-electron chi connectivity index (χ0n) is 18.3. The lowest BCUT2D eigenvalue weighted by molar-refractivity contribution is -0.119. The van der Waals surface area contributed by atoms with Gasteiger partial charge >= 0.3 is 5.97 Å². The van der Waals surface area contributed by atoms with Gasteiger partial charge in [0.2, 0.25) is 5.43 Å². The minimum Gasteiger partial charge on any atom is -0.452 e. The number of anilines is 1. The molecule has 1 aromatic carbocycles. The smallest absolute Gasteiger partial charge is 0.344 e. The number of amides is 1. The molecule has 0 fully saturated rings. The van der Waals surface area contributed by atoms with E-state index in [2.05, 4.69) is 24.1 Å². The predicted molar refractivity (Wildman–Crippen MR) is 120 cm³/mol. The average Bonchev–Trinajstić information content (AvgIpc) is 2.77. The molecular weight excluding hydrogens is 394 g/mol. The van der Waals surface area contributed by atoms with Gasteiger partial charge in [0.15, 0.2) is 6.61 Å². The zero-order chi connectivity index (χ0) is 22.5. The van der Waals surface area contributed by atoms with E-state index >= 15 is 0 Å². The van der Waals surface area contributed by atoms with Crippen molar-refractivity contribution in [3.05, 3.63) is 69.6 Å². The van der Waals surface area contributed by atoms with Crippen LogP contribution in [-0.4, -0.2) is 28.0 Å². The Morgan fingerprint density at radius 1 is 1.16 bits per heavy atom. The summed E-state index contributed by atoms with van der Waals surface area (Å²) in [6.45, 7) is 7.94. The number of benzene rings is 1. The molecule has 3 aromatic rings. The SMILES string of the molecule is CCC(C)c1ccccc1NC(=O)COC(=O)c1cn(CC)c2nc(C)ccc2c1=O. The van der Waals surface area contributed by atoms with Crippen LogP contribution in [0.4, 0.5) is 5.69 Å². The molecule has 0 saturated carbocycles. The Morgan fingerprint density at radius 3 is 2.61 bits per heavy atom. The highest BCUT2D eigenvalue weighted by Gasteiger charge is 2.19. The van der Waals surface area contributed by atoms with Crippen molar-refractivity contribution in [3.63, 3.8) is 0 Å². The van der Waals surface area contributed by atoms with Crippen molar-refractivity contribution >= 4 is 28.6 Å². The highest BCUT2D eigenvalue weighted by molar-refractivity contribution is 5.97. The van der Waals surface area contributed by atoms with E-state index in [-0.39, 0.29) is 11.5 Å². The fraction of sp³-hybridized carbons (Fsp3) is 0.333. The van der Waals surface area contributed by atoms with Crippen molar-refractivity contribution in [1.82, 2.24) is 9.55 Å². The Hall–Kier alpha value is -3.48. The summed E-state index contributed by atoms with van der Waals surface area (Å²) in [5, 5.41) is 3.14. The zero-order valence-corrected chi connectivity index (χ0v) is 18.3. The summed E-state index contributed by atoms with van der Waals surface area (Å²) < 4.78 is 6.88. The number of para-hydroxylation sites is 1. The van der Waals surface area contributed by atoms with Gasteiger partial charge in [0.05, 0.1) is 5.39 Å². The van der Waals surface area contributed by atoms with Gasteiger partial charge in [-0.15, -0.1) is 0 Å². The van der Waals surface area contributed by atoms with Crippen LogP contribution in [0.15, 0.2) is 47.4 Å². The minimum atomic E-state index is -0.833. The number of hydrogen-bond donors (Lipinski definition) is 1. The number of ether oxygens (including phenoxy) is 1. The first-order chi connectivity index (χ1) is 14.8. The molecule has 31 heavy (non-hydrogen) atoms. The number of rotatable bonds is 7. The first kappa shape index (κ1) is 22.2. The average molecular weight is 421 g/mol. The highest BCUT2D eigenvalue weighted by atomic mass is 16.5. The van der Waals surface area contributed by atoms with Crippen LogP contribution >= 0.6 is 0 Å². The van der Waals surface area contributed by atoms with Crippen molar-refractivity contribution in [2.45, 2.75) is 46.6 Å². The molecule has 0 aliphatic rings. The quantitative estimate of drug-likeness (QED) is 0.582. The lowest BCUT2D eigenvalue weighted by Gasteiger charge is -2.15. The number of hydrogen-bond acceptors (Lipinski definition) is 5. The Morgan fingerprint density at radius 2 is 1.90 bits per heavy atom. The Balaban J connectivity index is 1.77. The van der Waals surface area contributed by atoms with Crippen LogP contribution in [0.1, 0.15) is 54.7 Å². The number of nitrogens with one attached hydrogen (secondary N) is 1. The lowest BCUT2D eigenvalue weighted by atomic mass is 9.97. The molecule has 3 rings (SSSR count). The predicted octanol–water partition coefficient (Wildman–Crippen LogP) is 4.03. The maximum atomic E-state index is 12.8. The van der Waals surface area contributed by atoms with E-state index in [1.165, 1.54) is 6.20 Å². The van der Waals surface area contributed by atoms with Gasteiger partial charge in [-0.25, -0.2) is 9.78 Å². The molecule has 1 unspecified atom stereocenters. The Kier molecular flexibility index (Phi) is 6.84. The summed E-state index contributed by atoms with van der Waals surface area (Å²) in [4.78, 5) is 42.2. The number of carbonyl (C=O) groups is 2. The molecule has 0 aliphatic carbocycles. The van der Waals surface area contributed by atoms with E-state index in [1.807, 2.05) is 38.1 Å². The molecule has 0 bridgehead atoms. The van der Waals surface area contributed by atoms with Crippen LogP contribution < -0.4 is 10.7 Å². The van der Waals surface area contributed by atoms with Gasteiger partial charge in [-0.1, -0.05) is 32.0 Å². The van der Waals surface area contributed by atoms with Crippen LogP contribution in [0.2, 0.25) is 0 Å². The van der Waals surface area contributed by atoms with Crippen LogP contribution in [0.3, 0.4) is 0 Å². The summed E-state index contributed by atoms with van der Waals surface area (Å²) >= 11 is 0. The maximum absolute atomic E-state index is 12.8. The normalized spacial score (nSPS) is 11.9. The van der Waals surface area contributed by atoms with Gasteiger partial charge in [-0.3, -0.25) is 9.59 Å². The largest absolute Gasteiger partial charge is 0.452 e. The van der Waals surface area contributed by atoms with Gasteiger partial charge < -0.3 is 14.6 Å². The molecule has 1 amide bonds. The van der Waals surface area contributed by atoms with Crippen LogP contribution in [0.25, 0.3) is 11.0 Å². The number of esters is 1. The van der Waals surface area contributed by atoms with Crippen molar-refractivity contribution in [1.29, 1.82) is 0 Å². The third-order valence-corrected chi connectivity index (χ3v) is 5.33. The first-order valence-electron chi connectivity index (χ1n) is 10.4. The molecule has 162 valence electrons. The monoisotopic (exact) mass is 421 g/mol. The summed E-state index contributed by atoms with van der Waals surface area (Å²) in [6, 6.07) is 10.9. The molecule has 7 heteroatoms. The number of aryl methyl sites for hydroxylation is 2. The second-order valence-corrected chi connectivity index (χ2v) is 7.50. The number of carbonyl (C=O) groups excluding carboxylic acids is 2. The number of fused-ring (bicyclic) bond motifs is 1. The van der Waals surface area contributed by atoms with Gasteiger partial charge in [-0.05, 0) is 49.9 Å². The van der Waals surface area contributed by atoms with Crippen LogP contribution in [-0.2, 0) is 16.1 Å². The van der Waals surface area contributed by atoms with Crippen molar-refractivity contribution in [2.24, 2.45) is 0 Å². The van der Waals surface area contributed by atoms with Crippen molar-refractivity contribution in [3.8, 4) is 0 Å². The Labute approximate surface area is 181 Å². The molecule has 0 aliphatic heterocycles. The maximum Gasteiger partial charge on any atom is 0.344 e. The molecule has 0 spiro atoms. The number of pyridine rings is 2. The molecule has 2 heterocycles. The summed E-state index contributed by atoms with van der Waals surface area (Å²) in [5.74, 6) is -1.01. The molecule has 7 nitrogen and oxygen atoms in total. The topological polar surface area (TPSA) is 90.3 Å². The van der Waals surface area contributed by atoms with Gasteiger partial charge in [0.1, 0.15) is 11.2 Å². The second kappa shape index (κ2) is 9.55. The molecule has 2 aromatic heterocycles. The molecule has 1 N–H and O–H groups in total. The molecule has 0 radical (unpaired) electrons. The summed E-state index contributed by atoms with van der Waals surface area (Å²) in [5.41, 5.74) is 2.43. The third-order valence-electron chi connectivity index (χ3n) is 5.33. The van der Waals surface area contributed by atoms with E-state index in [4.69, 9.17) is 4.74 Å². The van der Waals surface area contributed by atoms with Gasteiger partial charge in [0.25, 0.3) is 5.91 Å². The third kappa shape index (κ3) is 4.82. The van der Waals surface area contributed by atoms with Gasteiger partial charge in [0, 0.05) is 24.1 Å². The lowest BCUT2D eigenvalue weighted by Crippen LogP contribution is -2.25. The standard InChI is InChI=1S/C24H27N3O4/c1-5-15(3)17-9-7-8-10-20(17)26-21(28)14-31-24(30)19-13-27(6-2)23-18(22(19)29)12-11-16(4)25-23/h7-13,15H,5-6,14H2,1-4H3,(H,26,28). The molecular formula is C24H27N3O4. The fourth-order valence-corrected chi connectivity index (χ4v) is 3.40. The van der Waals surface area contributed by atoms with E-state index in [9.17, 15) is 14.4 Å².